The van der Waals surface area contributed by atoms with E-state index in [1.165, 1.54) is 12.8 Å². The van der Waals surface area contributed by atoms with Crippen molar-refractivity contribution in [1.82, 2.24) is 15.1 Å². The van der Waals surface area contributed by atoms with E-state index in [9.17, 15) is 4.79 Å². The number of piperidine rings is 1. The zero-order chi connectivity index (χ0) is 14.7. The van der Waals surface area contributed by atoms with Crippen molar-refractivity contribution >= 4 is 5.91 Å². The Morgan fingerprint density at radius 3 is 2.71 bits per heavy atom. The molecule has 2 unspecified atom stereocenters. The van der Waals surface area contributed by atoms with Gasteiger partial charge in [-0.1, -0.05) is 0 Å². The molecule has 0 aromatic heterocycles. The van der Waals surface area contributed by atoms with Crippen molar-refractivity contribution in [3.05, 3.63) is 0 Å². The van der Waals surface area contributed by atoms with E-state index in [2.05, 4.69) is 22.0 Å². The number of carbonyl (C=O) groups is 1. The van der Waals surface area contributed by atoms with Crippen LogP contribution in [-0.4, -0.2) is 74.2 Å². The number of rotatable bonds is 3. The fourth-order valence-corrected chi connectivity index (χ4v) is 3.83. The smallest absolute Gasteiger partial charge is 0.229 e. The van der Waals surface area contributed by atoms with Gasteiger partial charge in [-0.05, 0) is 39.2 Å². The van der Waals surface area contributed by atoms with Crippen molar-refractivity contribution in [2.75, 3.05) is 52.4 Å². The summed E-state index contributed by atoms with van der Waals surface area (Å²) >= 11 is 0. The Hall–Kier alpha value is -0.650. The van der Waals surface area contributed by atoms with Crippen LogP contribution in [-0.2, 0) is 9.53 Å². The van der Waals surface area contributed by atoms with Gasteiger partial charge in [-0.25, -0.2) is 0 Å². The molecule has 3 fully saturated rings. The Bertz CT molecular complexity index is 355. The van der Waals surface area contributed by atoms with Crippen molar-refractivity contribution in [1.29, 1.82) is 0 Å². The molecule has 5 heteroatoms. The standard InChI is InChI=1S/C16H29N3O2/c1-16(5-3-6-17-13-16)15(20)19-9-7-18(8-10-19)12-14-4-2-11-21-14/h14,17H,2-13H2,1H3. The number of nitrogens with one attached hydrogen (secondary N) is 1. The maximum atomic E-state index is 12.8. The van der Waals surface area contributed by atoms with Crippen LogP contribution in [0.2, 0.25) is 0 Å². The Balaban J connectivity index is 1.47. The quantitative estimate of drug-likeness (QED) is 0.832. The predicted molar refractivity (Wildman–Crippen MR) is 82.2 cm³/mol. The molecule has 0 aliphatic carbocycles. The van der Waals surface area contributed by atoms with Gasteiger partial charge in [0.05, 0.1) is 11.5 Å². The zero-order valence-corrected chi connectivity index (χ0v) is 13.3. The molecular formula is C16H29N3O2. The number of amides is 1. The van der Waals surface area contributed by atoms with Crippen LogP contribution in [0.4, 0.5) is 0 Å². The minimum atomic E-state index is -0.186. The number of hydrogen-bond donors (Lipinski definition) is 1. The Morgan fingerprint density at radius 1 is 1.29 bits per heavy atom. The van der Waals surface area contributed by atoms with Crippen LogP contribution in [0.1, 0.15) is 32.6 Å². The van der Waals surface area contributed by atoms with E-state index in [-0.39, 0.29) is 5.41 Å². The molecule has 0 aromatic carbocycles. The van der Waals surface area contributed by atoms with Gasteiger partial charge in [0.15, 0.2) is 0 Å². The lowest BCUT2D eigenvalue weighted by Gasteiger charge is -2.41. The number of hydrogen-bond acceptors (Lipinski definition) is 4. The zero-order valence-electron chi connectivity index (χ0n) is 13.3. The molecule has 0 saturated carbocycles. The van der Waals surface area contributed by atoms with E-state index in [0.29, 0.717) is 12.0 Å². The molecule has 3 heterocycles. The van der Waals surface area contributed by atoms with Crippen LogP contribution in [0.15, 0.2) is 0 Å². The van der Waals surface area contributed by atoms with Crippen LogP contribution in [0, 0.1) is 5.41 Å². The Kier molecular flexibility index (Phi) is 4.82. The van der Waals surface area contributed by atoms with Gasteiger partial charge in [-0.3, -0.25) is 9.69 Å². The van der Waals surface area contributed by atoms with Crippen LogP contribution >= 0.6 is 0 Å². The van der Waals surface area contributed by atoms with Crippen molar-refractivity contribution in [2.24, 2.45) is 5.41 Å². The highest BCUT2D eigenvalue weighted by molar-refractivity contribution is 5.82. The molecule has 0 aromatic rings. The van der Waals surface area contributed by atoms with Crippen molar-refractivity contribution in [3.63, 3.8) is 0 Å². The first kappa shape index (κ1) is 15.3. The largest absolute Gasteiger partial charge is 0.377 e. The highest BCUT2D eigenvalue weighted by atomic mass is 16.5. The number of ether oxygens (including phenoxy) is 1. The molecule has 5 nitrogen and oxygen atoms in total. The summed E-state index contributed by atoms with van der Waals surface area (Å²) in [5.74, 6) is 0.353. The van der Waals surface area contributed by atoms with Gasteiger partial charge in [-0.2, -0.15) is 0 Å². The predicted octanol–water partition coefficient (Wildman–Crippen LogP) is 0.699. The van der Waals surface area contributed by atoms with Crippen LogP contribution < -0.4 is 5.32 Å². The molecule has 0 radical (unpaired) electrons. The molecule has 3 aliphatic rings. The molecule has 3 aliphatic heterocycles. The lowest BCUT2D eigenvalue weighted by Crippen LogP contribution is -2.56. The fraction of sp³-hybridized carbons (Fsp3) is 0.938. The number of nitrogens with zero attached hydrogens (tertiary/aromatic N) is 2. The third-order valence-corrected chi connectivity index (χ3v) is 5.26. The maximum Gasteiger partial charge on any atom is 0.229 e. The summed E-state index contributed by atoms with van der Waals surface area (Å²) < 4.78 is 5.71. The summed E-state index contributed by atoms with van der Waals surface area (Å²) in [5.41, 5.74) is -0.186. The van der Waals surface area contributed by atoms with Gasteiger partial charge >= 0.3 is 0 Å². The van der Waals surface area contributed by atoms with Gasteiger partial charge in [0.1, 0.15) is 0 Å². The van der Waals surface area contributed by atoms with E-state index < -0.39 is 0 Å². The monoisotopic (exact) mass is 295 g/mol. The molecule has 3 rings (SSSR count). The minimum Gasteiger partial charge on any atom is -0.377 e. The molecule has 2 atom stereocenters. The van der Waals surface area contributed by atoms with Crippen LogP contribution in [0.5, 0.6) is 0 Å². The van der Waals surface area contributed by atoms with Gasteiger partial charge in [-0.15, -0.1) is 0 Å². The molecule has 0 spiro atoms. The molecule has 0 bridgehead atoms. The Labute approximate surface area is 128 Å². The van der Waals surface area contributed by atoms with E-state index in [1.54, 1.807) is 0 Å². The van der Waals surface area contributed by atoms with Gasteiger partial charge in [0, 0.05) is 45.9 Å². The molecule has 3 saturated heterocycles. The average Bonchev–Trinajstić information content (AvgIpc) is 3.01. The van der Waals surface area contributed by atoms with Crippen LogP contribution in [0.25, 0.3) is 0 Å². The van der Waals surface area contributed by atoms with E-state index in [1.807, 2.05) is 0 Å². The van der Waals surface area contributed by atoms with E-state index in [0.717, 1.165) is 65.3 Å². The third kappa shape index (κ3) is 3.58. The summed E-state index contributed by atoms with van der Waals surface area (Å²) in [6.07, 6.45) is 4.96. The summed E-state index contributed by atoms with van der Waals surface area (Å²) in [6, 6.07) is 0. The second kappa shape index (κ2) is 6.63. The highest BCUT2D eigenvalue weighted by Crippen LogP contribution is 2.28. The summed E-state index contributed by atoms with van der Waals surface area (Å²) in [5, 5.41) is 3.38. The highest BCUT2D eigenvalue weighted by Gasteiger charge is 2.38. The minimum absolute atomic E-state index is 0.186. The summed E-state index contributed by atoms with van der Waals surface area (Å²) in [7, 11) is 0. The molecular weight excluding hydrogens is 266 g/mol. The van der Waals surface area contributed by atoms with E-state index >= 15 is 0 Å². The third-order valence-electron chi connectivity index (χ3n) is 5.26. The summed E-state index contributed by atoms with van der Waals surface area (Å²) in [4.78, 5) is 17.3. The lowest BCUT2D eigenvalue weighted by atomic mass is 9.81. The first-order valence-corrected chi connectivity index (χ1v) is 8.51. The van der Waals surface area contributed by atoms with Crippen LogP contribution in [0.3, 0.4) is 0 Å². The lowest BCUT2D eigenvalue weighted by molar-refractivity contribution is -0.144. The number of carbonyl (C=O) groups excluding carboxylic acids is 1. The topological polar surface area (TPSA) is 44.8 Å². The van der Waals surface area contributed by atoms with Gasteiger partial charge in [0.25, 0.3) is 0 Å². The number of piperazine rings is 1. The second-order valence-corrected chi connectivity index (χ2v) is 7.07. The fourth-order valence-electron chi connectivity index (χ4n) is 3.83. The second-order valence-electron chi connectivity index (χ2n) is 7.07. The van der Waals surface area contributed by atoms with E-state index in [4.69, 9.17) is 4.74 Å². The van der Waals surface area contributed by atoms with Crippen molar-refractivity contribution in [2.45, 2.75) is 38.7 Å². The summed E-state index contributed by atoms with van der Waals surface area (Å²) in [6.45, 7) is 9.72. The normalized spacial score (nSPS) is 35.1. The van der Waals surface area contributed by atoms with Gasteiger partial charge in [0.2, 0.25) is 5.91 Å². The van der Waals surface area contributed by atoms with Gasteiger partial charge < -0.3 is 15.0 Å². The maximum absolute atomic E-state index is 12.8. The molecule has 21 heavy (non-hydrogen) atoms. The average molecular weight is 295 g/mol. The van der Waals surface area contributed by atoms with Crippen molar-refractivity contribution < 1.29 is 9.53 Å². The Morgan fingerprint density at radius 2 is 2.10 bits per heavy atom. The van der Waals surface area contributed by atoms with Crippen molar-refractivity contribution in [3.8, 4) is 0 Å². The molecule has 1 N–H and O–H groups in total. The SMILES string of the molecule is CC1(C(=O)N2CCN(CC3CCCO3)CC2)CCCNC1. The molecule has 120 valence electrons. The molecule has 1 amide bonds. The first-order valence-electron chi connectivity index (χ1n) is 8.51. The first-order chi connectivity index (χ1) is 10.2.